The van der Waals surface area contributed by atoms with Crippen LogP contribution in [0, 0.1) is 16.7 Å². The highest BCUT2D eigenvalue weighted by atomic mass is 14.9. The molecule has 96 valence electrons. The van der Waals surface area contributed by atoms with Crippen molar-refractivity contribution < 1.29 is 0 Å². The smallest absolute Gasteiger partial charge is 0.0638 e. The molecule has 2 heteroatoms. The predicted molar refractivity (Wildman–Crippen MR) is 70.6 cm³/mol. The van der Waals surface area contributed by atoms with Gasteiger partial charge in [0.05, 0.1) is 12.5 Å². The Balaban J connectivity index is 1.77. The molecule has 1 unspecified atom stereocenters. The minimum Gasteiger partial charge on any atom is -0.310 e. The Kier molecular flexibility index (Phi) is 4.45. The fraction of sp³-hybridized carbons (Fsp3) is 0.933. The molecule has 1 atom stereocenters. The molecule has 0 saturated heterocycles. The molecule has 2 rings (SSSR count). The van der Waals surface area contributed by atoms with Gasteiger partial charge in [-0.1, -0.05) is 19.8 Å². The molecule has 0 heterocycles. The van der Waals surface area contributed by atoms with Crippen LogP contribution >= 0.6 is 0 Å². The third-order valence-corrected chi connectivity index (χ3v) is 5.01. The lowest BCUT2D eigenvalue weighted by atomic mass is 9.71. The van der Waals surface area contributed by atoms with Crippen molar-refractivity contribution in [2.24, 2.45) is 5.41 Å². The van der Waals surface area contributed by atoms with Gasteiger partial charge in [0.1, 0.15) is 0 Å². The average Bonchev–Trinajstić information content (AvgIpc) is 2.80. The Labute approximate surface area is 106 Å². The van der Waals surface area contributed by atoms with Gasteiger partial charge in [-0.2, -0.15) is 5.26 Å². The number of hydrogen-bond acceptors (Lipinski definition) is 2. The molecule has 2 fully saturated rings. The van der Waals surface area contributed by atoms with Gasteiger partial charge in [0.25, 0.3) is 0 Å². The van der Waals surface area contributed by atoms with Crippen molar-refractivity contribution in [1.82, 2.24) is 5.32 Å². The van der Waals surface area contributed by atoms with Crippen LogP contribution in [0.25, 0.3) is 0 Å². The number of hydrogen-bond donors (Lipinski definition) is 1. The largest absolute Gasteiger partial charge is 0.310 e. The zero-order valence-corrected chi connectivity index (χ0v) is 11.2. The first-order valence-electron chi connectivity index (χ1n) is 7.41. The van der Waals surface area contributed by atoms with E-state index in [2.05, 4.69) is 18.3 Å². The zero-order valence-electron chi connectivity index (χ0n) is 11.2. The van der Waals surface area contributed by atoms with Crippen LogP contribution in [0.4, 0.5) is 0 Å². The van der Waals surface area contributed by atoms with Crippen molar-refractivity contribution >= 4 is 0 Å². The maximum Gasteiger partial charge on any atom is 0.0638 e. The Bertz CT molecular complexity index is 263. The monoisotopic (exact) mass is 234 g/mol. The summed E-state index contributed by atoms with van der Waals surface area (Å²) in [6, 6.07) is 3.39. The zero-order chi connectivity index (χ0) is 12.1. The summed E-state index contributed by atoms with van der Waals surface area (Å²) in [4.78, 5) is 0. The van der Waals surface area contributed by atoms with E-state index >= 15 is 0 Å². The van der Waals surface area contributed by atoms with Gasteiger partial charge in [0.15, 0.2) is 0 Å². The molecule has 0 aromatic rings. The van der Waals surface area contributed by atoms with Crippen molar-refractivity contribution in [3.63, 3.8) is 0 Å². The van der Waals surface area contributed by atoms with Gasteiger partial charge in [0.2, 0.25) is 0 Å². The maximum absolute atomic E-state index is 8.77. The highest BCUT2D eigenvalue weighted by Crippen LogP contribution is 2.48. The topological polar surface area (TPSA) is 35.8 Å². The highest BCUT2D eigenvalue weighted by Gasteiger charge is 2.37. The van der Waals surface area contributed by atoms with E-state index in [4.69, 9.17) is 5.26 Å². The summed E-state index contributed by atoms with van der Waals surface area (Å²) >= 11 is 0. The molecule has 1 N–H and O–H groups in total. The van der Waals surface area contributed by atoms with Crippen molar-refractivity contribution in [1.29, 1.82) is 5.26 Å². The number of rotatable bonds is 4. The Hall–Kier alpha value is -0.550. The van der Waals surface area contributed by atoms with Gasteiger partial charge in [-0.25, -0.2) is 0 Å². The second-order valence-electron chi connectivity index (χ2n) is 6.12. The number of nitrogens with zero attached hydrogens (tertiary/aromatic N) is 1. The molecule has 2 saturated carbocycles. The fourth-order valence-electron chi connectivity index (χ4n) is 3.79. The van der Waals surface area contributed by atoms with Crippen LogP contribution in [0.1, 0.15) is 71.1 Å². The normalized spacial score (nSPS) is 25.9. The van der Waals surface area contributed by atoms with Gasteiger partial charge in [-0.05, 0) is 50.4 Å². The van der Waals surface area contributed by atoms with Crippen molar-refractivity contribution in [2.45, 2.75) is 83.2 Å². The predicted octanol–water partition coefficient (Wildman–Crippen LogP) is 3.77. The fourth-order valence-corrected chi connectivity index (χ4v) is 3.79. The van der Waals surface area contributed by atoms with E-state index < -0.39 is 0 Å². The molecule has 2 nitrogen and oxygen atoms in total. The van der Waals surface area contributed by atoms with Crippen molar-refractivity contribution in [3.05, 3.63) is 0 Å². The molecule has 0 aromatic carbocycles. The summed E-state index contributed by atoms with van der Waals surface area (Å²) in [6.07, 6.45) is 13.1. The van der Waals surface area contributed by atoms with Crippen LogP contribution in [0.15, 0.2) is 0 Å². The second kappa shape index (κ2) is 5.87. The quantitative estimate of drug-likeness (QED) is 0.803. The van der Waals surface area contributed by atoms with E-state index in [1.165, 1.54) is 51.4 Å². The van der Waals surface area contributed by atoms with Crippen molar-refractivity contribution in [2.75, 3.05) is 0 Å². The molecular weight excluding hydrogens is 208 g/mol. The SMILES string of the molecule is CCC(CC#N)NC1CCC2(CCCC2)CC1. The summed E-state index contributed by atoms with van der Waals surface area (Å²) in [5, 5.41) is 12.5. The lowest BCUT2D eigenvalue weighted by molar-refractivity contribution is 0.162. The second-order valence-corrected chi connectivity index (χ2v) is 6.12. The Morgan fingerprint density at radius 2 is 1.88 bits per heavy atom. The number of nitrogens with one attached hydrogen (secondary N) is 1. The summed E-state index contributed by atoms with van der Waals surface area (Å²) in [7, 11) is 0. The molecule has 17 heavy (non-hydrogen) atoms. The molecular formula is C15H26N2. The summed E-state index contributed by atoms with van der Waals surface area (Å²) in [5.74, 6) is 0. The highest BCUT2D eigenvalue weighted by molar-refractivity contribution is 4.92. The lowest BCUT2D eigenvalue weighted by Crippen LogP contribution is -2.42. The molecule has 1 spiro atoms. The number of nitriles is 1. The van der Waals surface area contributed by atoms with E-state index in [9.17, 15) is 0 Å². The van der Waals surface area contributed by atoms with E-state index in [0.717, 1.165) is 11.8 Å². The van der Waals surface area contributed by atoms with Crippen LogP contribution in [-0.4, -0.2) is 12.1 Å². The van der Waals surface area contributed by atoms with Gasteiger partial charge in [-0.15, -0.1) is 0 Å². The molecule has 0 radical (unpaired) electrons. The van der Waals surface area contributed by atoms with Gasteiger partial charge in [0, 0.05) is 12.1 Å². The van der Waals surface area contributed by atoms with Gasteiger partial charge in [-0.3, -0.25) is 0 Å². The maximum atomic E-state index is 8.77. The molecule has 0 amide bonds. The first-order valence-corrected chi connectivity index (χ1v) is 7.41. The molecule has 0 aliphatic heterocycles. The summed E-state index contributed by atoms with van der Waals surface area (Å²) < 4.78 is 0. The van der Waals surface area contributed by atoms with Crippen LogP contribution in [0.5, 0.6) is 0 Å². The van der Waals surface area contributed by atoms with E-state index in [1.54, 1.807) is 0 Å². The van der Waals surface area contributed by atoms with Gasteiger partial charge >= 0.3 is 0 Å². The molecule has 0 bridgehead atoms. The van der Waals surface area contributed by atoms with Crippen molar-refractivity contribution in [3.8, 4) is 6.07 Å². The third kappa shape index (κ3) is 3.22. The van der Waals surface area contributed by atoms with E-state index in [0.29, 0.717) is 18.5 Å². The molecule has 2 aliphatic rings. The third-order valence-electron chi connectivity index (χ3n) is 5.01. The van der Waals surface area contributed by atoms with E-state index in [1.807, 2.05) is 0 Å². The average molecular weight is 234 g/mol. The molecule has 2 aliphatic carbocycles. The molecule has 0 aromatic heterocycles. The van der Waals surface area contributed by atoms with Gasteiger partial charge < -0.3 is 5.32 Å². The minimum atomic E-state index is 0.419. The first kappa shape index (κ1) is 12.9. The summed E-state index contributed by atoms with van der Waals surface area (Å²) in [5.41, 5.74) is 0.731. The summed E-state index contributed by atoms with van der Waals surface area (Å²) in [6.45, 7) is 2.18. The Morgan fingerprint density at radius 3 is 2.41 bits per heavy atom. The first-order chi connectivity index (χ1) is 8.28. The van der Waals surface area contributed by atoms with Crippen LogP contribution in [0.3, 0.4) is 0 Å². The Morgan fingerprint density at radius 1 is 1.24 bits per heavy atom. The van der Waals surface area contributed by atoms with E-state index in [-0.39, 0.29) is 0 Å². The van der Waals surface area contributed by atoms with Crippen LogP contribution < -0.4 is 5.32 Å². The lowest BCUT2D eigenvalue weighted by Gasteiger charge is -2.38. The van der Waals surface area contributed by atoms with Crippen LogP contribution in [-0.2, 0) is 0 Å². The standard InChI is InChI=1S/C15H26N2/c1-2-13(7-12-16)17-14-5-10-15(11-6-14)8-3-4-9-15/h13-14,17H,2-11H2,1H3. The van der Waals surface area contributed by atoms with Crippen LogP contribution in [0.2, 0.25) is 0 Å². The minimum absolute atomic E-state index is 0.419.